The molecule has 0 fully saturated rings. The average Bonchev–Trinajstić information content (AvgIpc) is 3.45. The van der Waals surface area contributed by atoms with Crippen LogP contribution in [-0.4, -0.2) is 41.9 Å². The molecule has 3 N–H and O–H groups in total. The molecule has 9 nitrogen and oxygen atoms in total. The molecule has 10 heteroatoms. The third-order valence-electron chi connectivity index (χ3n) is 5.88. The minimum absolute atomic E-state index is 0.0654. The summed E-state index contributed by atoms with van der Waals surface area (Å²) in [4.78, 5) is 19.0. The summed E-state index contributed by atoms with van der Waals surface area (Å²) in [6, 6.07) is 7.24. The van der Waals surface area contributed by atoms with Gasteiger partial charge in [0.15, 0.2) is 17.3 Å². The van der Waals surface area contributed by atoms with Crippen LogP contribution in [-0.2, 0) is 4.79 Å². The van der Waals surface area contributed by atoms with Gasteiger partial charge in [-0.15, -0.1) is 16.4 Å². The van der Waals surface area contributed by atoms with E-state index in [1.54, 1.807) is 37.3 Å². The summed E-state index contributed by atoms with van der Waals surface area (Å²) >= 11 is 1.67. The number of Topliss-reactive ketones (excluding diaryl/α,β-unsaturated/α-hetero) is 1. The lowest BCUT2D eigenvalue weighted by atomic mass is 9.80. The second-order valence-corrected chi connectivity index (χ2v) is 8.64. The smallest absolute Gasteiger partial charge is 0.241 e. The van der Waals surface area contributed by atoms with Crippen LogP contribution in [0.15, 0.2) is 40.9 Å². The zero-order chi connectivity index (χ0) is 22.4. The molecule has 0 saturated heterocycles. The summed E-state index contributed by atoms with van der Waals surface area (Å²) in [6.45, 7) is 0. The molecular weight excluding hydrogens is 430 g/mol. The maximum absolute atomic E-state index is 13.5. The number of thiophene rings is 1. The van der Waals surface area contributed by atoms with E-state index in [1.807, 2.05) is 23.6 Å². The number of aromatic nitrogens is 3. The van der Waals surface area contributed by atoms with E-state index in [0.717, 1.165) is 11.3 Å². The van der Waals surface area contributed by atoms with E-state index < -0.39 is 6.04 Å². The molecule has 2 unspecified atom stereocenters. The Labute approximate surface area is 188 Å². The molecule has 5 rings (SSSR count). The highest BCUT2D eigenvalue weighted by Gasteiger charge is 2.40. The maximum Gasteiger partial charge on any atom is 0.241 e. The first-order valence-electron chi connectivity index (χ1n) is 10.1. The van der Waals surface area contributed by atoms with Gasteiger partial charge in [-0.2, -0.15) is 4.98 Å². The molecule has 0 bridgehead atoms. The lowest BCUT2D eigenvalue weighted by Gasteiger charge is -2.35. The molecule has 2 aliphatic rings. The van der Waals surface area contributed by atoms with Gasteiger partial charge in [0.25, 0.3) is 0 Å². The lowest BCUT2D eigenvalue weighted by molar-refractivity contribution is -0.116. The number of carbonyl (C=O) groups is 1. The number of allylic oxidation sites excluding steroid dienone is 2. The Hall–Kier alpha value is -3.53. The van der Waals surface area contributed by atoms with Gasteiger partial charge in [0.1, 0.15) is 6.04 Å². The molecule has 0 saturated carbocycles. The van der Waals surface area contributed by atoms with Crippen molar-refractivity contribution in [3.05, 3.63) is 51.4 Å². The van der Waals surface area contributed by atoms with Crippen molar-refractivity contribution in [3.8, 4) is 17.2 Å². The third-order valence-corrected chi connectivity index (χ3v) is 6.92. The number of anilines is 2. The summed E-state index contributed by atoms with van der Waals surface area (Å²) < 4.78 is 18.2. The highest BCUT2D eigenvalue weighted by atomic mass is 32.1. The van der Waals surface area contributed by atoms with E-state index in [0.29, 0.717) is 41.6 Å². The second-order valence-electron chi connectivity index (χ2n) is 7.66. The Balaban J connectivity index is 1.67. The van der Waals surface area contributed by atoms with Crippen LogP contribution in [0, 0.1) is 0 Å². The first kappa shape index (κ1) is 20.4. The normalized spacial score (nSPS) is 19.8. The van der Waals surface area contributed by atoms with Gasteiger partial charge < -0.3 is 25.3 Å². The molecule has 0 amide bonds. The number of fused-ring (bicyclic) bond motifs is 1. The van der Waals surface area contributed by atoms with Gasteiger partial charge in [-0.1, -0.05) is 6.07 Å². The van der Waals surface area contributed by atoms with Crippen molar-refractivity contribution < 1.29 is 19.0 Å². The van der Waals surface area contributed by atoms with Crippen molar-refractivity contribution >= 4 is 29.0 Å². The van der Waals surface area contributed by atoms with Crippen LogP contribution in [0.3, 0.4) is 0 Å². The van der Waals surface area contributed by atoms with Gasteiger partial charge in [-0.3, -0.25) is 4.79 Å². The summed E-state index contributed by atoms with van der Waals surface area (Å²) in [7, 11) is 4.67. The number of nitrogen functional groups attached to an aromatic ring is 1. The summed E-state index contributed by atoms with van der Waals surface area (Å²) in [5.74, 6) is 2.30. The molecule has 0 radical (unpaired) electrons. The van der Waals surface area contributed by atoms with Gasteiger partial charge in [0.05, 0.1) is 21.3 Å². The number of ketones is 1. The number of nitrogens with two attached hydrogens (primary N) is 1. The highest BCUT2D eigenvalue weighted by Crippen LogP contribution is 2.47. The Morgan fingerprint density at radius 2 is 1.91 bits per heavy atom. The second kappa shape index (κ2) is 7.86. The molecule has 0 spiro atoms. The minimum Gasteiger partial charge on any atom is -0.493 e. The highest BCUT2D eigenvalue weighted by molar-refractivity contribution is 7.10. The largest absolute Gasteiger partial charge is 0.493 e. The molecule has 2 atom stereocenters. The molecular formula is C22H23N5O4S. The number of ether oxygens (including phenoxy) is 3. The van der Waals surface area contributed by atoms with Crippen LogP contribution in [0.1, 0.15) is 35.2 Å². The van der Waals surface area contributed by atoms with Crippen LogP contribution >= 0.6 is 11.3 Å². The average molecular weight is 454 g/mol. The molecule has 1 aromatic carbocycles. The standard InChI is InChI=1S/C22H23N5O4S/c1-29-15-9-12(10-16(30-2)20(15)31-3)19-18-13(24-22-25-21(23)26-27(19)22)7-11(8-14(18)28)17-5-4-6-32-17/h4-6,9-11,19H,7-8H2,1-3H3,(H3,23,24,25,26). The number of carbonyl (C=O) groups excluding carboxylic acids is 1. The first-order chi connectivity index (χ1) is 15.5. The predicted molar refractivity (Wildman–Crippen MR) is 121 cm³/mol. The minimum atomic E-state index is -0.517. The van der Waals surface area contributed by atoms with Crippen molar-refractivity contribution in [2.75, 3.05) is 32.4 Å². The quantitative estimate of drug-likeness (QED) is 0.605. The Morgan fingerprint density at radius 1 is 1.16 bits per heavy atom. The van der Waals surface area contributed by atoms with E-state index >= 15 is 0 Å². The van der Waals surface area contributed by atoms with Crippen LogP contribution in [0.2, 0.25) is 0 Å². The number of hydrogen-bond donors (Lipinski definition) is 2. The molecule has 32 heavy (non-hydrogen) atoms. The number of nitrogens with one attached hydrogen (secondary N) is 1. The number of methoxy groups -OCH3 is 3. The topological polar surface area (TPSA) is 114 Å². The SMILES string of the molecule is COc1cc(C2C3=C(CC(c4cccs4)CC3=O)Nc3nc(N)nn32)cc(OC)c1OC. The molecule has 3 aromatic rings. The van der Waals surface area contributed by atoms with Crippen LogP contribution in [0.4, 0.5) is 11.9 Å². The van der Waals surface area contributed by atoms with E-state index in [2.05, 4.69) is 21.5 Å². The fraction of sp³-hybridized carbons (Fsp3) is 0.318. The third kappa shape index (κ3) is 3.18. The van der Waals surface area contributed by atoms with Crippen molar-refractivity contribution in [1.82, 2.24) is 14.8 Å². The maximum atomic E-state index is 13.5. The fourth-order valence-electron chi connectivity index (χ4n) is 4.52. The van der Waals surface area contributed by atoms with E-state index in [4.69, 9.17) is 19.9 Å². The van der Waals surface area contributed by atoms with Gasteiger partial charge in [-0.05, 0) is 35.6 Å². The Morgan fingerprint density at radius 3 is 2.53 bits per heavy atom. The Bertz CT molecular complexity index is 1190. The zero-order valence-corrected chi connectivity index (χ0v) is 18.7. The zero-order valence-electron chi connectivity index (χ0n) is 17.9. The molecule has 3 heterocycles. The number of rotatable bonds is 5. The monoisotopic (exact) mass is 453 g/mol. The predicted octanol–water partition coefficient (Wildman–Crippen LogP) is 3.36. The van der Waals surface area contributed by atoms with Gasteiger partial charge in [-0.25, -0.2) is 4.68 Å². The van der Waals surface area contributed by atoms with Crippen molar-refractivity contribution in [2.24, 2.45) is 0 Å². The summed E-state index contributed by atoms with van der Waals surface area (Å²) in [6.07, 6.45) is 1.14. The Kier molecular flexibility index (Phi) is 5.01. The summed E-state index contributed by atoms with van der Waals surface area (Å²) in [5, 5.41) is 9.72. The van der Waals surface area contributed by atoms with E-state index in [-0.39, 0.29) is 17.6 Å². The van der Waals surface area contributed by atoms with Crippen LogP contribution in [0.25, 0.3) is 0 Å². The lowest BCUT2D eigenvalue weighted by Crippen LogP contribution is -2.33. The van der Waals surface area contributed by atoms with E-state index in [9.17, 15) is 4.79 Å². The molecule has 1 aliphatic carbocycles. The van der Waals surface area contributed by atoms with Gasteiger partial charge in [0, 0.05) is 28.5 Å². The molecule has 1 aliphatic heterocycles. The number of hydrogen-bond acceptors (Lipinski definition) is 9. The van der Waals surface area contributed by atoms with Crippen molar-refractivity contribution in [2.45, 2.75) is 24.8 Å². The van der Waals surface area contributed by atoms with Crippen molar-refractivity contribution in [3.63, 3.8) is 0 Å². The number of benzene rings is 1. The van der Waals surface area contributed by atoms with Crippen LogP contribution in [0.5, 0.6) is 17.2 Å². The van der Waals surface area contributed by atoms with Crippen molar-refractivity contribution in [1.29, 1.82) is 0 Å². The fourth-order valence-corrected chi connectivity index (χ4v) is 5.35. The van der Waals surface area contributed by atoms with Gasteiger partial charge >= 0.3 is 0 Å². The molecule has 2 aromatic heterocycles. The van der Waals surface area contributed by atoms with E-state index in [1.165, 1.54) is 4.88 Å². The number of nitrogens with zero attached hydrogens (tertiary/aromatic N) is 3. The van der Waals surface area contributed by atoms with Gasteiger partial charge in [0.2, 0.25) is 17.6 Å². The molecule has 166 valence electrons. The van der Waals surface area contributed by atoms with Crippen LogP contribution < -0.4 is 25.3 Å². The first-order valence-corrected chi connectivity index (χ1v) is 11.0. The summed E-state index contributed by atoms with van der Waals surface area (Å²) in [5.41, 5.74) is 8.20.